The maximum Gasteiger partial charge on any atom is 0.418 e. The number of alkyl halides is 9. The Kier molecular flexibility index (Phi) is 17.5. The fraction of sp³-hybridized carbons (Fsp3) is 0.0242. The van der Waals surface area contributed by atoms with Crippen molar-refractivity contribution in [2.45, 2.75) is 18.5 Å². The van der Waals surface area contributed by atoms with Crippen molar-refractivity contribution in [2.24, 2.45) is 0 Å². The van der Waals surface area contributed by atoms with E-state index in [1.165, 1.54) is 18.2 Å². The zero-order chi connectivity index (χ0) is 95.2. The van der Waals surface area contributed by atoms with E-state index < -0.39 is 35.2 Å². The second-order valence-corrected chi connectivity index (χ2v) is 36.5. The van der Waals surface area contributed by atoms with E-state index in [-0.39, 0.29) is 50.7 Å². The highest BCUT2D eigenvalue weighted by molar-refractivity contribution is 6.24. The number of halogens is 9. The van der Waals surface area contributed by atoms with Crippen LogP contribution in [0.25, 0.3) is 253 Å². The van der Waals surface area contributed by atoms with E-state index in [0.29, 0.717) is 127 Å². The largest absolute Gasteiger partial charge is 0.418 e. The fourth-order valence-electron chi connectivity index (χ4n) is 23.5. The van der Waals surface area contributed by atoms with Crippen molar-refractivity contribution in [1.82, 2.24) is 36.5 Å². The standard InChI is InChI=1S/C124H70F9N9/c125-122(126,127)93-64-90(114(136-98-49-17-3-33-75(98)76-34-4-18-50-99(76)136)68-117(93)139-104-55-23-9-39-81(104)82-40-10-24-56-105(82)139)89-63-72(71-134)112(67-113(89)135-96-47-15-1-31-73(96)74-32-2-16-48-97(74)135)141-108-59-27-13-43-87(108)120-85(45-29-61-110(120)141)86-46-30-62-111-121(86)88-44-14-28-60-109(88)142(111)119-70-116(138-102-53-21-7-37-79(102)80-38-8-22-54-103(80)138)92(66-95(119)124(131,132)133)91-65-94(123(128,129)130)118(140-106-57-25-11-41-83(106)84-42-12-26-58-107(84)140)69-115(91)137-100-51-19-5-35-77(100)78-36-6-20-52-101(78)137/h1-70H. The summed E-state index contributed by atoms with van der Waals surface area (Å²) in [5.41, 5.74) is 8.76. The van der Waals surface area contributed by atoms with Gasteiger partial charge in [0.1, 0.15) is 6.07 Å². The zero-order valence-corrected chi connectivity index (χ0v) is 74.8. The average molecular weight is 1860 g/mol. The molecule has 0 atom stereocenters. The second-order valence-electron chi connectivity index (χ2n) is 36.5. The number of aromatic nitrogens is 8. The van der Waals surface area contributed by atoms with Gasteiger partial charge in [0, 0.05) is 108 Å². The Hall–Kier alpha value is -18.3. The van der Waals surface area contributed by atoms with Crippen molar-refractivity contribution in [1.29, 1.82) is 5.26 Å². The third kappa shape index (κ3) is 11.8. The molecule has 0 saturated carbocycles. The van der Waals surface area contributed by atoms with Crippen LogP contribution in [0.1, 0.15) is 22.3 Å². The molecule has 8 aromatic heterocycles. The minimum atomic E-state index is -5.23. The highest BCUT2D eigenvalue weighted by atomic mass is 19.4. The highest BCUT2D eigenvalue weighted by Gasteiger charge is 2.43. The van der Waals surface area contributed by atoms with E-state index in [2.05, 4.69) is 10.6 Å². The summed E-state index contributed by atoms with van der Waals surface area (Å²) in [6.45, 7) is 0. The van der Waals surface area contributed by atoms with E-state index in [9.17, 15) is 5.26 Å². The first kappa shape index (κ1) is 82.0. The Balaban J connectivity index is 0.708. The molecule has 0 aliphatic rings. The van der Waals surface area contributed by atoms with Crippen LogP contribution in [0.2, 0.25) is 0 Å². The monoisotopic (exact) mass is 1860 g/mol. The summed E-state index contributed by atoms with van der Waals surface area (Å²) in [4.78, 5) is 0. The lowest BCUT2D eigenvalue weighted by atomic mass is 9.93. The van der Waals surface area contributed by atoms with E-state index in [0.717, 1.165) is 93.4 Å². The maximum absolute atomic E-state index is 18.0. The SMILES string of the molecule is N#Cc1cc(-c2cc(C(F)(F)F)c(-n3c4ccccc4c4ccccc43)cc2-n2c3ccccc3c3ccccc32)c(-n2c3ccccc3c3ccccc32)cc1-n1c2ccccc2c2c(-c3cccc4c3c3ccccc3n4-c3cc(-n4c5ccccc5c5ccccc54)c(-c4cc(C(F)(F)F)c(-n5c6ccccc6c6ccccc65)cc4-n4c5ccccc5c5ccccc54)cc3C(F)(F)F)cccc21. The van der Waals surface area contributed by atoms with Gasteiger partial charge in [0.15, 0.2) is 0 Å². The van der Waals surface area contributed by atoms with Gasteiger partial charge in [0.25, 0.3) is 0 Å². The summed E-state index contributed by atoms with van der Waals surface area (Å²) in [6, 6.07) is 132. The van der Waals surface area contributed by atoms with E-state index in [1.807, 2.05) is 358 Å². The van der Waals surface area contributed by atoms with Gasteiger partial charge in [-0.2, -0.15) is 44.8 Å². The number of hydrogen-bond donors (Lipinski definition) is 0. The molecule has 0 radical (unpaired) electrons. The summed E-state index contributed by atoms with van der Waals surface area (Å²) in [6.07, 6.45) is -15.3. The molecule has 674 valence electrons. The molecule has 0 bridgehead atoms. The van der Waals surface area contributed by atoms with Crippen LogP contribution < -0.4 is 0 Å². The Bertz CT molecular complexity index is 10100. The van der Waals surface area contributed by atoms with Crippen LogP contribution >= 0.6 is 0 Å². The molecule has 0 fully saturated rings. The van der Waals surface area contributed by atoms with Gasteiger partial charge in [0.05, 0.1) is 156 Å². The molecular formula is C124H70F9N9. The lowest BCUT2D eigenvalue weighted by Crippen LogP contribution is -2.15. The molecule has 0 N–H and O–H groups in total. The normalized spacial score (nSPS) is 12.5. The van der Waals surface area contributed by atoms with Crippen molar-refractivity contribution in [3.63, 3.8) is 0 Å². The van der Waals surface area contributed by atoms with Crippen LogP contribution in [-0.2, 0) is 18.5 Å². The third-order valence-corrected chi connectivity index (χ3v) is 29.2. The topological polar surface area (TPSA) is 63.2 Å². The quantitative estimate of drug-likeness (QED) is 0.119. The molecule has 0 amide bonds. The van der Waals surface area contributed by atoms with Crippen molar-refractivity contribution in [2.75, 3.05) is 0 Å². The lowest BCUT2D eigenvalue weighted by molar-refractivity contribution is -0.138. The van der Waals surface area contributed by atoms with Crippen molar-refractivity contribution < 1.29 is 39.5 Å². The third-order valence-electron chi connectivity index (χ3n) is 29.2. The fourth-order valence-corrected chi connectivity index (χ4v) is 23.5. The van der Waals surface area contributed by atoms with Gasteiger partial charge in [0.2, 0.25) is 0 Å². The number of benzene rings is 20. The first-order valence-corrected chi connectivity index (χ1v) is 46.7. The second kappa shape index (κ2) is 30.3. The molecule has 0 spiro atoms. The van der Waals surface area contributed by atoms with Crippen LogP contribution in [0.15, 0.2) is 425 Å². The zero-order valence-electron chi connectivity index (χ0n) is 74.8. The Morgan fingerprint density at radius 1 is 0.155 bits per heavy atom. The van der Waals surface area contributed by atoms with Gasteiger partial charge in [-0.15, -0.1) is 0 Å². The number of para-hydroxylation sites is 14. The minimum absolute atomic E-state index is 0.109. The first-order valence-electron chi connectivity index (χ1n) is 46.7. The molecule has 28 rings (SSSR count). The summed E-state index contributed by atoms with van der Waals surface area (Å²) in [5.74, 6) is 0. The number of rotatable bonds is 11. The van der Waals surface area contributed by atoms with Crippen LogP contribution in [0, 0.1) is 11.3 Å². The Morgan fingerprint density at radius 2 is 0.317 bits per heavy atom. The lowest BCUT2D eigenvalue weighted by Gasteiger charge is -2.26. The van der Waals surface area contributed by atoms with Crippen LogP contribution in [0.4, 0.5) is 39.5 Å². The molecule has 8 heterocycles. The summed E-state index contributed by atoms with van der Waals surface area (Å²) < 4.78 is 173. The Morgan fingerprint density at radius 3 is 0.528 bits per heavy atom. The number of nitrogens with zero attached hydrogens (tertiary/aromatic N) is 9. The molecule has 0 aliphatic carbocycles. The van der Waals surface area contributed by atoms with Gasteiger partial charge in [-0.05, 0) is 157 Å². The highest BCUT2D eigenvalue weighted by Crippen LogP contribution is 2.55. The molecular weight excluding hydrogens is 1790 g/mol. The van der Waals surface area contributed by atoms with Gasteiger partial charge in [-0.1, -0.05) is 279 Å². The molecule has 28 aromatic rings. The minimum Gasteiger partial charge on any atom is -0.309 e. The van der Waals surface area contributed by atoms with E-state index in [4.69, 9.17) is 0 Å². The number of nitriles is 1. The maximum atomic E-state index is 18.0. The number of fused-ring (bicyclic) bond motifs is 24. The van der Waals surface area contributed by atoms with Gasteiger partial charge >= 0.3 is 18.5 Å². The molecule has 0 unspecified atom stereocenters. The van der Waals surface area contributed by atoms with Crippen molar-refractivity contribution in [3.05, 3.63) is 447 Å². The molecule has 20 aromatic carbocycles. The van der Waals surface area contributed by atoms with Gasteiger partial charge < -0.3 is 36.5 Å². The van der Waals surface area contributed by atoms with Crippen LogP contribution in [0.5, 0.6) is 0 Å². The van der Waals surface area contributed by atoms with Crippen molar-refractivity contribution >= 4 is 174 Å². The Labute approximate surface area is 801 Å². The van der Waals surface area contributed by atoms with Crippen molar-refractivity contribution in [3.8, 4) is 84.9 Å². The molecule has 9 nitrogen and oxygen atoms in total. The smallest absolute Gasteiger partial charge is 0.309 e. The molecule has 142 heavy (non-hydrogen) atoms. The van der Waals surface area contributed by atoms with Crippen LogP contribution in [0.3, 0.4) is 0 Å². The van der Waals surface area contributed by atoms with Gasteiger partial charge in [-0.3, -0.25) is 0 Å². The van der Waals surface area contributed by atoms with Crippen LogP contribution in [-0.4, -0.2) is 36.5 Å². The molecule has 0 saturated heterocycles. The average Bonchev–Trinajstić information content (AvgIpc) is 1.35. The van der Waals surface area contributed by atoms with Gasteiger partial charge in [-0.25, -0.2) is 0 Å². The predicted octanol–water partition coefficient (Wildman–Crippen LogP) is 34.4. The summed E-state index contributed by atoms with van der Waals surface area (Å²) >= 11 is 0. The molecule has 0 aliphatic heterocycles. The number of hydrogen-bond acceptors (Lipinski definition) is 1. The summed E-state index contributed by atoms with van der Waals surface area (Å²) in [5, 5.41) is 24.5. The van der Waals surface area contributed by atoms with E-state index >= 15 is 39.5 Å². The molecule has 18 heteroatoms. The summed E-state index contributed by atoms with van der Waals surface area (Å²) in [7, 11) is 0. The first-order chi connectivity index (χ1) is 69.4. The predicted molar refractivity (Wildman–Crippen MR) is 557 cm³/mol. The van der Waals surface area contributed by atoms with E-state index in [1.54, 1.807) is 68.3 Å².